The topological polar surface area (TPSA) is 101 Å². The van der Waals surface area contributed by atoms with Crippen molar-refractivity contribution in [3.05, 3.63) is 50.6 Å². The average molecular weight is 315 g/mol. The number of thiazole rings is 1. The summed E-state index contributed by atoms with van der Waals surface area (Å²) in [5.41, 5.74) is 1.19. The van der Waals surface area contributed by atoms with E-state index in [1.54, 1.807) is 19.3 Å². The van der Waals surface area contributed by atoms with Gasteiger partial charge in [-0.3, -0.25) is 9.59 Å². The highest BCUT2D eigenvalue weighted by molar-refractivity contribution is 7.13. The van der Waals surface area contributed by atoms with Crippen LogP contribution in [0, 0.1) is 0 Å². The normalized spacial score (nSPS) is 10.8. The number of nitrogens with zero attached hydrogens (tertiary/aromatic N) is 3. The minimum absolute atomic E-state index is 0.131. The van der Waals surface area contributed by atoms with Crippen molar-refractivity contribution in [3.63, 3.8) is 0 Å². The van der Waals surface area contributed by atoms with E-state index in [4.69, 9.17) is 0 Å². The Morgan fingerprint density at radius 3 is 2.95 bits per heavy atom. The van der Waals surface area contributed by atoms with Crippen LogP contribution in [-0.4, -0.2) is 32.9 Å². The van der Waals surface area contributed by atoms with Gasteiger partial charge in [-0.15, -0.1) is 11.3 Å². The molecule has 0 spiro atoms. The zero-order valence-electron chi connectivity index (χ0n) is 11.8. The van der Waals surface area contributed by atoms with Crippen LogP contribution in [0.1, 0.15) is 20.4 Å². The maximum atomic E-state index is 11.5. The van der Waals surface area contributed by atoms with E-state index in [0.717, 1.165) is 16.1 Å². The van der Waals surface area contributed by atoms with Gasteiger partial charge in [0.2, 0.25) is 5.56 Å². The van der Waals surface area contributed by atoms with Gasteiger partial charge in [0.15, 0.2) is 0 Å². The summed E-state index contributed by atoms with van der Waals surface area (Å²) in [5.74, 6) is -0.131. The molecule has 0 saturated heterocycles. The fraction of sp³-hybridized carbons (Fsp3) is 0.214. The Morgan fingerprint density at radius 1 is 1.27 bits per heavy atom. The Morgan fingerprint density at radius 2 is 2.14 bits per heavy atom. The number of pyridine rings is 1. The van der Waals surface area contributed by atoms with Crippen molar-refractivity contribution in [1.82, 2.24) is 25.3 Å². The van der Waals surface area contributed by atoms with Gasteiger partial charge in [0.25, 0.3) is 5.91 Å². The molecule has 0 atom stereocenters. The molecule has 3 aromatic heterocycles. The SMILES string of the molecule is CNC(=O)c1cnc(CCc2ncnc3[nH]c(=O)ccc23)s1. The number of fused-ring (bicyclic) bond motifs is 1. The summed E-state index contributed by atoms with van der Waals surface area (Å²) in [6, 6.07) is 3.18. The molecule has 0 aliphatic heterocycles. The van der Waals surface area contributed by atoms with Crippen LogP contribution in [-0.2, 0) is 12.8 Å². The second-order valence-electron chi connectivity index (χ2n) is 4.60. The molecule has 2 N–H and O–H groups in total. The summed E-state index contributed by atoms with van der Waals surface area (Å²) in [6.45, 7) is 0. The molecule has 0 aromatic carbocycles. The lowest BCUT2D eigenvalue weighted by Crippen LogP contribution is -2.16. The predicted octanol–water partition coefficient (Wildman–Crippen LogP) is 0.919. The summed E-state index contributed by atoms with van der Waals surface area (Å²) < 4.78 is 0. The molecule has 0 bridgehead atoms. The number of aryl methyl sites for hydroxylation is 2. The molecule has 0 fully saturated rings. The van der Waals surface area contributed by atoms with Gasteiger partial charge in [-0.25, -0.2) is 15.0 Å². The summed E-state index contributed by atoms with van der Waals surface area (Å²) in [7, 11) is 1.59. The number of carbonyl (C=O) groups is 1. The second-order valence-corrected chi connectivity index (χ2v) is 5.72. The van der Waals surface area contributed by atoms with Crippen molar-refractivity contribution in [1.29, 1.82) is 0 Å². The van der Waals surface area contributed by atoms with Crippen molar-refractivity contribution >= 4 is 28.3 Å². The smallest absolute Gasteiger partial charge is 0.262 e. The van der Waals surface area contributed by atoms with Crippen LogP contribution in [0.15, 0.2) is 29.5 Å². The van der Waals surface area contributed by atoms with E-state index in [2.05, 4.69) is 25.3 Å². The molecular formula is C14H13N5O2S. The zero-order valence-corrected chi connectivity index (χ0v) is 12.6. The molecule has 0 aliphatic carbocycles. The first-order chi connectivity index (χ1) is 10.7. The summed E-state index contributed by atoms with van der Waals surface area (Å²) in [6.07, 6.45) is 4.35. The van der Waals surface area contributed by atoms with Crippen LogP contribution in [0.3, 0.4) is 0 Å². The van der Waals surface area contributed by atoms with Crippen LogP contribution in [0.4, 0.5) is 0 Å². The molecule has 8 heteroatoms. The Labute approximate surface area is 129 Å². The lowest BCUT2D eigenvalue weighted by Gasteiger charge is -2.03. The summed E-state index contributed by atoms with van der Waals surface area (Å²) in [5, 5.41) is 4.27. The number of aromatic amines is 1. The largest absolute Gasteiger partial charge is 0.354 e. The fourth-order valence-corrected chi connectivity index (χ4v) is 2.97. The standard InChI is InChI=1S/C14H13N5O2S/c1-15-14(21)10-6-16-12(22-10)5-3-9-8-2-4-11(20)19-13(8)18-7-17-9/h2,4,6-7H,3,5H2,1H3,(H,15,21)(H,17,18,19,20). The first-order valence-corrected chi connectivity index (χ1v) is 7.48. The van der Waals surface area contributed by atoms with E-state index in [0.29, 0.717) is 23.4 Å². The van der Waals surface area contributed by atoms with Crippen molar-refractivity contribution in [2.45, 2.75) is 12.8 Å². The third kappa shape index (κ3) is 2.86. The molecular weight excluding hydrogens is 302 g/mol. The Hall–Kier alpha value is -2.61. The third-order valence-corrected chi connectivity index (χ3v) is 4.25. The van der Waals surface area contributed by atoms with Crippen LogP contribution < -0.4 is 10.9 Å². The monoisotopic (exact) mass is 315 g/mol. The summed E-state index contributed by atoms with van der Waals surface area (Å²) >= 11 is 1.37. The molecule has 0 unspecified atom stereocenters. The van der Waals surface area contributed by atoms with E-state index >= 15 is 0 Å². The van der Waals surface area contributed by atoms with Crippen molar-refractivity contribution in [3.8, 4) is 0 Å². The minimum Gasteiger partial charge on any atom is -0.354 e. The van der Waals surface area contributed by atoms with E-state index in [1.807, 2.05) is 0 Å². The van der Waals surface area contributed by atoms with E-state index in [9.17, 15) is 9.59 Å². The number of nitrogens with one attached hydrogen (secondary N) is 2. The molecule has 112 valence electrons. The van der Waals surface area contributed by atoms with Gasteiger partial charge in [0, 0.05) is 24.9 Å². The molecule has 22 heavy (non-hydrogen) atoms. The van der Waals surface area contributed by atoms with Crippen molar-refractivity contribution in [2.24, 2.45) is 0 Å². The van der Waals surface area contributed by atoms with E-state index < -0.39 is 0 Å². The summed E-state index contributed by atoms with van der Waals surface area (Å²) in [4.78, 5) is 38.7. The minimum atomic E-state index is -0.188. The van der Waals surface area contributed by atoms with Gasteiger partial charge in [0.05, 0.1) is 16.9 Å². The fourth-order valence-electron chi connectivity index (χ4n) is 2.10. The van der Waals surface area contributed by atoms with Gasteiger partial charge in [-0.2, -0.15) is 0 Å². The molecule has 3 rings (SSSR count). The first-order valence-electron chi connectivity index (χ1n) is 6.67. The zero-order chi connectivity index (χ0) is 15.5. The van der Waals surface area contributed by atoms with Crippen molar-refractivity contribution < 1.29 is 4.79 Å². The van der Waals surface area contributed by atoms with Crippen molar-refractivity contribution in [2.75, 3.05) is 7.05 Å². The second kappa shape index (κ2) is 6.02. The van der Waals surface area contributed by atoms with E-state index in [-0.39, 0.29) is 11.5 Å². The Kier molecular flexibility index (Phi) is 3.92. The number of hydrogen-bond donors (Lipinski definition) is 2. The molecule has 0 radical (unpaired) electrons. The van der Waals surface area contributed by atoms with Gasteiger partial charge in [-0.1, -0.05) is 0 Å². The number of hydrogen-bond acceptors (Lipinski definition) is 6. The lowest BCUT2D eigenvalue weighted by atomic mass is 10.1. The van der Waals surface area contributed by atoms with Gasteiger partial charge < -0.3 is 10.3 Å². The highest BCUT2D eigenvalue weighted by Crippen LogP contribution is 2.17. The highest BCUT2D eigenvalue weighted by Gasteiger charge is 2.10. The molecule has 0 aliphatic rings. The molecule has 3 heterocycles. The number of amides is 1. The number of carbonyl (C=O) groups excluding carboxylic acids is 1. The maximum absolute atomic E-state index is 11.5. The third-order valence-electron chi connectivity index (χ3n) is 3.19. The van der Waals surface area contributed by atoms with Crippen LogP contribution >= 0.6 is 11.3 Å². The van der Waals surface area contributed by atoms with Gasteiger partial charge in [0.1, 0.15) is 16.9 Å². The first kappa shape index (κ1) is 14.3. The number of H-pyrrole nitrogens is 1. The lowest BCUT2D eigenvalue weighted by molar-refractivity contribution is 0.0967. The van der Waals surface area contributed by atoms with Gasteiger partial charge in [-0.05, 0) is 12.5 Å². The van der Waals surface area contributed by atoms with Crippen LogP contribution in [0.2, 0.25) is 0 Å². The van der Waals surface area contributed by atoms with Gasteiger partial charge >= 0.3 is 0 Å². The van der Waals surface area contributed by atoms with Crippen LogP contribution in [0.5, 0.6) is 0 Å². The van der Waals surface area contributed by atoms with E-state index in [1.165, 1.54) is 23.7 Å². The predicted molar refractivity (Wildman–Crippen MR) is 83.1 cm³/mol. The van der Waals surface area contributed by atoms with Crippen LogP contribution in [0.25, 0.3) is 11.0 Å². The molecule has 7 nitrogen and oxygen atoms in total. The number of aromatic nitrogens is 4. The molecule has 3 aromatic rings. The number of rotatable bonds is 4. The molecule has 0 saturated carbocycles. The molecule has 1 amide bonds. The Balaban J connectivity index is 1.81. The Bertz CT molecular complexity index is 886. The quantitative estimate of drug-likeness (QED) is 0.745. The average Bonchev–Trinajstić information content (AvgIpc) is 3.00. The maximum Gasteiger partial charge on any atom is 0.262 e. The highest BCUT2D eigenvalue weighted by atomic mass is 32.1.